The zero-order valence-corrected chi connectivity index (χ0v) is 14.9. The van der Waals surface area contributed by atoms with Crippen LogP contribution in [-0.2, 0) is 4.74 Å². The lowest BCUT2D eigenvalue weighted by molar-refractivity contribution is 0.120. The fraction of sp³-hybridized carbons (Fsp3) is 0.263. The monoisotopic (exact) mass is 380 g/mol. The Morgan fingerprint density at radius 2 is 2.21 bits per heavy atom. The fourth-order valence-corrected chi connectivity index (χ4v) is 3.54. The van der Waals surface area contributed by atoms with E-state index in [2.05, 4.69) is 25.5 Å². The van der Waals surface area contributed by atoms with Crippen molar-refractivity contribution in [3.05, 3.63) is 52.8 Å². The van der Waals surface area contributed by atoms with Crippen molar-refractivity contribution >= 4 is 27.9 Å². The molecule has 0 aliphatic carbocycles. The quantitative estimate of drug-likeness (QED) is 0.564. The van der Waals surface area contributed by atoms with Gasteiger partial charge in [-0.2, -0.15) is 10.1 Å². The average molecular weight is 380 g/mol. The molecule has 142 valence electrons. The van der Waals surface area contributed by atoms with Crippen LogP contribution in [-0.4, -0.2) is 44.0 Å². The van der Waals surface area contributed by atoms with E-state index in [1.165, 1.54) is 16.8 Å². The number of fused-ring (bicyclic) bond motifs is 3. The first-order chi connectivity index (χ1) is 13.7. The standard InChI is InChI=1S/C19H17FN6O2/c20-14-5-1-2-6-15(14)26-17-12(16-13(18(26)27)10-23-25-16)9-22-19(24-17)21-8-11-4-3-7-28-11/h1-2,5-6,9-11H,3-4,7-8H2,(H,23,25)(H,21,22,24)/t11-/m0/s1. The largest absolute Gasteiger partial charge is 0.376 e. The summed E-state index contributed by atoms with van der Waals surface area (Å²) in [5.41, 5.74) is 0.479. The van der Waals surface area contributed by atoms with E-state index in [1.54, 1.807) is 24.4 Å². The molecule has 1 aliphatic rings. The molecule has 1 atom stereocenters. The number of aromatic amines is 1. The summed E-state index contributed by atoms with van der Waals surface area (Å²) in [6.45, 7) is 1.33. The van der Waals surface area contributed by atoms with E-state index in [-0.39, 0.29) is 11.8 Å². The normalized spacial score (nSPS) is 16.8. The van der Waals surface area contributed by atoms with Crippen LogP contribution in [0.1, 0.15) is 12.8 Å². The summed E-state index contributed by atoms with van der Waals surface area (Å²) in [4.78, 5) is 21.9. The molecule has 0 saturated carbocycles. The molecule has 0 unspecified atom stereocenters. The third-order valence-electron chi connectivity index (χ3n) is 4.91. The highest BCUT2D eigenvalue weighted by Crippen LogP contribution is 2.23. The van der Waals surface area contributed by atoms with Crippen molar-refractivity contribution < 1.29 is 9.13 Å². The second-order valence-corrected chi connectivity index (χ2v) is 6.69. The third-order valence-corrected chi connectivity index (χ3v) is 4.91. The molecule has 1 saturated heterocycles. The number of nitrogens with zero attached hydrogens (tertiary/aromatic N) is 4. The highest BCUT2D eigenvalue weighted by atomic mass is 19.1. The van der Waals surface area contributed by atoms with Gasteiger partial charge in [0, 0.05) is 25.5 Å². The minimum absolute atomic E-state index is 0.113. The van der Waals surface area contributed by atoms with Crippen LogP contribution in [0.3, 0.4) is 0 Å². The highest BCUT2D eigenvalue weighted by Gasteiger charge is 2.19. The van der Waals surface area contributed by atoms with Crippen LogP contribution in [0.25, 0.3) is 27.6 Å². The van der Waals surface area contributed by atoms with Crippen molar-refractivity contribution in [1.29, 1.82) is 0 Å². The van der Waals surface area contributed by atoms with Gasteiger partial charge in [0.25, 0.3) is 5.56 Å². The van der Waals surface area contributed by atoms with E-state index < -0.39 is 11.4 Å². The second kappa shape index (κ2) is 6.68. The maximum Gasteiger partial charge on any atom is 0.267 e. The molecule has 1 fully saturated rings. The van der Waals surface area contributed by atoms with Crippen molar-refractivity contribution in [1.82, 2.24) is 24.7 Å². The molecule has 8 nitrogen and oxygen atoms in total. The van der Waals surface area contributed by atoms with Gasteiger partial charge in [0.15, 0.2) is 5.65 Å². The molecule has 9 heteroatoms. The SMILES string of the molecule is O=c1c2c[nH]nc2c2cnc(NC[C@@H]3CCCO3)nc2n1-c1ccccc1F. The van der Waals surface area contributed by atoms with Gasteiger partial charge in [0.05, 0.1) is 22.6 Å². The molecule has 2 N–H and O–H groups in total. The Kier molecular flexibility index (Phi) is 4.01. The Morgan fingerprint density at radius 3 is 3.04 bits per heavy atom. The summed E-state index contributed by atoms with van der Waals surface area (Å²) >= 11 is 0. The van der Waals surface area contributed by atoms with Gasteiger partial charge in [-0.3, -0.25) is 14.5 Å². The Bertz CT molecular complexity index is 1230. The van der Waals surface area contributed by atoms with Crippen LogP contribution in [0.4, 0.5) is 10.3 Å². The number of hydrogen-bond donors (Lipinski definition) is 2. The summed E-state index contributed by atoms with van der Waals surface area (Å²) in [5.74, 6) is -0.163. The number of pyridine rings is 1. The van der Waals surface area contributed by atoms with E-state index in [0.29, 0.717) is 34.4 Å². The summed E-state index contributed by atoms with van der Waals surface area (Å²) in [7, 11) is 0. The summed E-state index contributed by atoms with van der Waals surface area (Å²) < 4.78 is 21.4. The van der Waals surface area contributed by atoms with Gasteiger partial charge in [-0.1, -0.05) is 12.1 Å². The van der Waals surface area contributed by atoms with Crippen LogP contribution in [0.5, 0.6) is 0 Å². The van der Waals surface area contributed by atoms with Gasteiger partial charge < -0.3 is 10.1 Å². The number of H-pyrrole nitrogens is 1. The average Bonchev–Trinajstić information content (AvgIpc) is 3.40. The van der Waals surface area contributed by atoms with E-state index in [4.69, 9.17) is 4.74 Å². The second-order valence-electron chi connectivity index (χ2n) is 6.69. The van der Waals surface area contributed by atoms with E-state index in [1.807, 2.05) is 0 Å². The molecule has 0 amide bonds. The topological polar surface area (TPSA) is 97.7 Å². The number of anilines is 1. The minimum Gasteiger partial charge on any atom is -0.376 e. The molecular weight excluding hydrogens is 363 g/mol. The van der Waals surface area contributed by atoms with Crippen molar-refractivity contribution in [2.45, 2.75) is 18.9 Å². The van der Waals surface area contributed by atoms with E-state index >= 15 is 0 Å². The van der Waals surface area contributed by atoms with Crippen molar-refractivity contribution in [3.63, 3.8) is 0 Å². The van der Waals surface area contributed by atoms with Crippen molar-refractivity contribution in [2.75, 3.05) is 18.5 Å². The Hall–Kier alpha value is -3.33. The summed E-state index contributed by atoms with van der Waals surface area (Å²) in [6.07, 6.45) is 5.23. The van der Waals surface area contributed by atoms with Gasteiger partial charge in [0.1, 0.15) is 11.3 Å². The molecule has 0 spiro atoms. The smallest absolute Gasteiger partial charge is 0.267 e. The van der Waals surface area contributed by atoms with Crippen molar-refractivity contribution in [3.8, 4) is 5.69 Å². The van der Waals surface area contributed by atoms with Crippen LogP contribution in [0.15, 0.2) is 41.5 Å². The Balaban J connectivity index is 1.70. The number of nitrogens with one attached hydrogen (secondary N) is 2. The summed E-state index contributed by atoms with van der Waals surface area (Å²) in [5, 5.41) is 10.9. The minimum atomic E-state index is -0.513. The zero-order chi connectivity index (χ0) is 19.1. The number of rotatable bonds is 4. The highest BCUT2D eigenvalue weighted by molar-refractivity contribution is 6.02. The first-order valence-corrected chi connectivity index (χ1v) is 9.08. The van der Waals surface area contributed by atoms with Gasteiger partial charge in [0.2, 0.25) is 5.95 Å². The van der Waals surface area contributed by atoms with Crippen LogP contribution in [0, 0.1) is 5.82 Å². The lowest BCUT2D eigenvalue weighted by Crippen LogP contribution is -2.22. The number of hydrogen-bond acceptors (Lipinski definition) is 6. The Labute approximate surface area is 158 Å². The Morgan fingerprint density at radius 1 is 1.32 bits per heavy atom. The van der Waals surface area contributed by atoms with E-state index in [0.717, 1.165) is 19.4 Å². The lowest BCUT2D eigenvalue weighted by Gasteiger charge is -2.13. The molecule has 1 aliphatic heterocycles. The molecule has 5 rings (SSSR count). The molecule has 28 heavy (non-hydrogen) atoms. The first-order valence-electron chi connectivity index (χ1n) is 9.08. The maximum atomic E-state index is 14.5. The fourth-order valence-electron chi connectivity index (χ4n) is 3.54. The number of benzene rings is 1. The van der Waals surface area contributed by atoms with Gasteiger partial charge in [-0.05, 0) is 25.0 Å². The molecule has 1 aromatic carbocycles. The predicted octanol–water partition coefficient (Wildman–Crippen LogP) is 2.39. The number of halogens is 1. The van der Waals surface area contributed by atoms with Gasteiger partial charge >= 0.3 is 0 Å². The number of ether oxygens (including phenoxy) is 1. The zero-order valence-electron chi connectivity index (χ0n) is 14.9. The van der Waals surface area contributed by atoms with Gasteiger partial charge in [-0.25, -0.2) is 9.37 Å². The van der Waals surface area contributed by atoms with Gasteiger partial charge in [-0.15, -0.1) is 0 Å². The molecule has 0 radical (unpaired) electrons. The van der Waals surface area contributed by atoms with Crippen LogP contribution < -0.4 is 10.9 Å². The predicted molar refractivity (Wildman–Crippen MR) is 102 cm³/mol. The third kappa shape index (κ3) is 2.71. The molecule has 4 aromatic rings. The number of para-hydroxylation sites is 1. The molecule has 0 bridgehead atoms. The first kappa shape index (κ1) is 16.8. The van der Waals surface area contributed by atoms with Crippen molar-refractivity contribution in [2.24, 2.45) is 0 Å². The molecular formula is C19H17FN6O2. The lowest BCUT2D eigenvalue weighted by atomic mass is 10.2. The summed E-state index contributed by atoms with van der Waals surface area (Å²) in [6, 6.07) is 6.11. The van der Waals surface area contributed by atoms with Crippen LogP contribution in [0.2, 0.25) is 0 Å². The van der Waals surface area contributed by atoms with Crippen LogP contribution >= 0.6 is 0 Å². The maximum absolute atomic E-state index is 14.5. The molecule has 4 heterocycles. The number of aromatic nitrogens is 5. The molecule has 3 aromatic heterocycles. The van der Waals surface area contributed by atoms with E-state index in [9.17, 15) is 9.18 Å².